The van der Waals surface area contributed by atoms with E-state index in [4.69, 9.17) is 18.7 Å². The van der Waals surface area contributed by atoms with Gasteiger partial charge in [-0.1, -0.05) is 24.4 Å². The zero-order valence-corrected chi connectivity index (χ0v) is 15.3. The lowest BCUT2D eigenvalue weighted by Crippen LogP contribution is -2.31. The minimum Gasteiger partial charge on any atom is -0.490 e. The van der Waals surface area contributed by atoms with E-state index >= 15 is 0 Å². The second-order valence-electron chi connectivity index (χ2n) is 7.14. The summed E-state index contributed by atoms with van der Waals surface area (Å²) in [7, 11) is 1.73. The Balaban J connectivity index is 1.47. The minimum absolute atomic E-state index is 0.235. The average Bonchev–Trinajstić information content (AvgIpc) is 3.21. The Labute approximate surface area is 153 Å². The third-order valence-electron chi connectivity index (χ3n) is 5.45. The van der Waals surface area contributed by atoms with Crippen LogP contribution in [0, 0.1) is 0 Å². The first-order valence-corrected chi connectivity index (χ1v) is 9.53. The second-order valence-corrected chi connectivity index (χ2v) is 7.14. The van der Waals surface area contributed by atoms with E-state index < -0.39 is 5.60 Å². The molecule has 0 unspecified atom stereocenters. The van der Waals surface area contributed by atoms with Crippen LogP contribution < -0.4 is 4.74 Å². The normalized spacial score (nSPS) is 20.8. The zero-order chi connectivity index (χ0) is 17.8. The van der Waals surface area contributed by atoms with Crippen LogP contribution in [-0.4, -0.2) is 36.6 Å². The van der Waals surface area contributed by atoms with Crippen molar-refractivity contribution < 1.29 is 18.7 Å². The molecular weight excluding hydrogens is 332 g/mol. The lowest BCUT2D eigenvalue weighted by molar-refractivity contribution is -0.0672. The SMILES string of the molecule is COC1(c2nc(-c3ccc(OC4CCOCC4)cc3)no2)CCCCC1. The number of benzene rings is 1. The number of nitrogens with zero attached hydrogens (tertiary/aromatic N) is 2. The number of rotatable bonds is 5. The maximum Gasteiger partial charge on any atom is 0.259 e. The molecule has 2 heterocycles. The smallest absolute Gasteiger partial charge is 0.259 e. The van der Waals surface area contributed by atoms with Crippen LogP contribution in [0.2, 0.25) is 0 Å². The summed E-state index contributed by atoms with van der Waals surface area (Å²) in [6, 6.07) is 7.88. The fourth-order valence-corrected chi connectivity index (χ4v) is 3.82. The van der Waals surface area contributed by atoms with Gasteiger partial charge in [0.25, 0.3) is 5.89 Å². The highest BCUT2D eigenvalue weighted by Crippen LogP contribution is 2.39. The van der Waals surface area contributed by atoms with Crippen LogP contribution in [-0.2, 0) is 15.1 Å². The summed E-state index contributed by atoms with van der Waals surface area (Å²) in [6.45, 7) is 1.55. The van der Waals surface area contributed by atoms with E-state index in [-0.39, 0.29) is 6.10 Å². The number of hydrogen-bond acceptors (Lipinski definition) is 6. The standard InChI is InChI=1S/C20H26N2O4/c1-23-20(11-3-2-4-12-20)19-21-18(22-26-19)15-5-7-16(8-6-15)25-17-9-13-24-14-10-17/h5-8,17H,2-4,9-14H2,1H3. The molecule has 1 saturated carbocycles. The predicted molar refractivity (Wildman–Crippen MR) is 96.0 cm³/mol. The summed E-state index contributed by atoms with van der Waals surface area (Å²) in [5.41, 5.74) is 0.497. The van der Waals surface area contributed by atoms with E-state index in [1.807, 2.05) is 24.3 Å². The van der Waals surface area contributed by atoms with E-state index in [9.17, 15) is 0 Å². The van der Waals surface area contributed by atoms with Crippen molar-refractivity contribution in [3.8, 4) is 17.1 Å². The van der Waals surface area contributed by atoms with Crippen molar-refractivity contribution in [1.29, 1.82) is 0 Å². The first kappa shape index (κ1) is 17.5. The Hall–Kier alpha value is -1.92. The molecule has 2 aromatic rings. The monoisotopic (exact) mass is 358 g/mol. The van der Waals surface area contributed by atoms with Crippen molar-refractivity contribution in [2.24, 2.45) is 0 Å². The average molecular weight is 358 g/mol. The number of ether oxygens (including phenoxy) is 3. The van der Waals surface area contributed by atoms with Crippen LogP contribution >= 0.6 is 0 Å². The van der Waals surface area contributed by atoms with Crippen LogP contribution in [0.15, 0.2) is 28.8 Å². The number of methoxy groups -OCH3 is 1. The highest BCUT2D eigenvalue weighted by molar-refractivity contribution is 5.55. The van der Waals surface area contributed by atoms with Crippen LogP contribution in [0.3, 0.4) is 0 Å². The van der Waals surface area contributed by atoms with Crippen molar-refractivity contribution in [3.05, 3.63) is 30.2 Å². The maximum absolute atomic E-state index is 6.02. The van der Waals surface area contributed by atoms with E-state index in [1.54, 1.807) is 7.11 Å². The Morgan fingerprint density at radius 3 is 2.46 bits per heavy atom. The molecule has 1 aromatic carbocycles. The van der Waals surface area contributed by atoms with Crippen molar-refractivity contribution in [3.63, 3.8) is 0 Å². The molecule has 0 bridgehead atoms. The van der Waals surface area contributed by atoms with Gasteiger partial charge < -0.3 is 18.7 Å². The molecular formula is C20H26N2O4. The minimum atomic E-state index is -0.421. The van der Waals surface area contributed by atoms with Gasteiger partial charge in [0.1, 0.15) is 17.5 Å². The number of hydrogen-bond donors (Lipinski definition) is 0. The van der Waals surface area contributed by atoms with Crippen LogP contribution in [0.5, 0.6) is 5.75 Å². The van der Waals surface area contributed by atoms with Gasteiger partial charge >= 0.3 is 0 Å². The van der Waals surface area contributed by atoms with Gasteiger partial charge in [-0.3, -0.25) is 0 Å². The van der Waals surface area contributed by atoms with E-state index in [0.717, 1.165) is 63.1 Å². The summed E-state index contributed by atoms with van der Waals surface area (Å²) in [5.74, 6) is 2.06. The molecule has 2 fully saturated rings. The Kier molecular flexibility index (Phi) is 5.22. The molecule has 1 aliphatic carbocycles. The molecule has 4 rings (SSSR count). The van der Waals surface area contributed by atoms with E-state index in [0.29, 0.717) is 11.7 Å². The summed E-state index contributed by atoms with van der Waals surface area (Å²) < 4.78 is 22.7. The molecule has 1 aromatic heterocycles. The number of aromatic nitrogens is 2. The van der Waals surface area contributed by atoms with Gasteiger partial charge in [-0.15, -0.1) is 0 Å². The topological polar surface area (TPSA) is 66.6 Å². The maximum atomic E-state index is 6.02. The molecule has 1 aliphatic heterocycles. The molecule has 6 nitrogen and oxygen atoms in total. The highest BCUT2D eigenvalue weighted by Gasteiger charge is 2.39. The molecule has 0 amide bonds. The van der Waals surface area contributed by atoms with Crippen LogP contribution in [0.1, 0.15) is 50.8 Å². The summed E-state index contributed by atoms with van der Waals surface area (Å²) in [6.07, 6.45) is 7.48. The molecule has 2 aliphatic rings. The summed E-state index contributed by atoms with van der Waals surface area (Å²) in [4.78, 5) is 4.63. The van der Waals surface area contributed by atoms with Gasteiger partial charge in [0, 0.05) is 25.5 Å². The lowest BCUT2D eigenvalue weighted by atomic mass is 9.84. The second kappa shape index (κ2) is 7.76. The van der Waals surface area contributed by atoms with Gasteiger partial charge in [-0.25, -0.2) is 0 Å². The van der Waals surface area contributed by atoms with Gasteiger partial charge in [0.2, 0.25) is 5.82 Å². The molecule has 26 heavy (non-hydrogen) atoms. The Bertz CT molecular complexity index is 701. The zero-order valence-electron chi connectivity index (χ0n) is 15.3. The Morgan fingerprint density at radius 2 is 1.77 bits per heavy atom. The van der Waals surface area contributed by atoms with Gasteiger partial charge in [-0.05, 0) is 37.1 Å². The summed E-state index contributed by atoms with van der Waals surface area (Å²) in [5, 5.41) is 4.18. The van der Waals surface area contributed by atoms with Gasteiger partial charge in [0.15, 0.2) is 0 Å². The van der Waals surface area contributed by atoms with Crippen molar-refractivity contribution >= 4 is 0 Å². The van der Waals surface area contributed by atoms with E-state index in [1.165, 1.54) is 6.42 Å². The fourth-order valence-electron chi connectivity index (χ4n) is 3.82. The molecule has 0 atom stereocenters. The third kappa shape index (κ3) is 3.62. The van der Waals surface area contributed by atoms with E-state index in [2.05, 4.69) is 10.1 Å². The largest absolute Gasteiger partial charge is 0.490 e. The quantitative estimate of drug-likeness (QED) is 0.802. The first-order chi connectivity index (χ1) is 12.8. The van der Waals surface area contributed by atoms with Crippen molar-refractivity contribution in [2.45, 2.75) is 56.7 Å². The molecule has 140 valence electrons. The van der Waals surface area contributed by atoms with Crippen molar-refractivity contribution in [2.75, 3.05) is 20.3 Å². The molecule has 1 saturated heterocycles. The Morgan fingerprint density at radius 1 is 1.04 bits per heavy atom. The highest BCUT2D eigenvalue weighted by atomic mass is 16.5. The molecule has 6 heteroatoms. The molecule has 0 spiro atoms. The predicted octanol–water partition coefficient (Wildman–Crippen LogP) is 4.10. The summed E-state index contributed by atoms with van der Waals surface area (Å²) >= 11 is 0. The van der Waals surface area contributed by atoms with Gasteiger partial charge in [0.05, 0.1) is 13.2 Å². The molecule has 0 radical (unpaired) electrons. The first-order valence-electron chi connectivity index (χ1n) is 9.53. The fraction of sp³-hybridized carbons (Fsp3) is 0.600. The van der Waals surface area contributed by atoms with Crippen LogP contribution in [0.25, 0.3) is 11.4 Å². The van der Waals surface area contributed by atoms with Crippen LogP contribution in [0.4, 0.5) is 0 Å². The van der Waals surface area contributed by atoms with Crippen molar-refractivity contribution in [1.82, 2.24) is 10.1 Å². The lowest BCUT2D eigenvalue weighted by Gasteiger charge is -2.32. The molecule has 0 N–H and O–H groups in total. The van der Waals surface area contributed by atoms with Gasteiger partial charge in [-0.2, -0.15) is 4.98 Å². The third-order valence-corrected chi connectivity index (χ3v) is 5.45.